The van der Waals surface area contributed by atoms with Crippen molar-refractivity contribution in [1.82, 2.24) is 9.88 Å². The number of aromatic nitrogens is 1. The van der Waals surface area contributed by atoms with E-state index in [1.54, 1.807) is 41.3 Å². The van der Waals surface area contributed by atoms with Gasteiger partial charge in [-0.2, -0.15) is 0 Å². The van der Waals surface area contributed by atoms with E-state index >= 15 is 0 Å². The van der Waals surface area contributed by atoms with Crippen LogP contribution in [0.5, 0.6) is 0 Å². The number of anilines is 1. The number of benzene rings is 2. The first-order chi connectivity index (χ1) is 14.9. The minimum absolute atomic E-state index is 0.175. The van der Waals surface area contributed by atoms with Gasteiger partial charge in [0.05, 0.1) is 23.8 Å². The lowest BCUT2D eigenvalue weighted by molar-refractivity contribution is -0.139. The predicted octanol–water partition coefficient (Wildman–Crippen LogP) is 4.09. The van der Waals surface area contributed by atoms with Crippen LogP contribution in [-0.4, -0.2) is 27.6 Å². The summed E-state index contributed by atoms with van der Waals surface area (Å²) in [6.45, 7) is 2.35. The maximum Gasteiger partial charge on any atom is 0.258 e. The van der Waals surface area contributed by atoms with Crippen LogP contribution in [0.4, 0.5) is 10.1 Å². The molecule has 1 saturated heterocycles. The largest absolute Gasteiger partial charge is 0.302 e. The Bertz CT molecular complexity index is 1110. The maximum absolute atomic E-state index is 13.4. The van der Waals surface area contributed by atoms with Crippen molar-refractivity contribution in [2.75, 3.05) is 4.90 Å². The first kappa shape index (κ1) is 20.9. The molecular formula is C23H20FN3O3S. The molecule has 2 aromatic carbocycles. The number of likely N-dealkylation sites (tertiary alicyclic amines) is 1. The monoisotopic (exact) mass is 437 g/mol. The van der Waals surface area contributed by atoms with E-state index in [2.05, 4.69) is 4.98 Å². The van der Waals surface area contributed by atoms with E-state index in [4.69, 9.17) is 0 Å². The Hall–Kier alpha value is -3.39. The van der Waals surface area contributed by atoms with Crippen LogP contribution in [0.15, 0.2) is 53.9 Å². The number of nitrogens with zero attached hydrogens (tertiary/aromatic N) is 3. The second-order valence-corrected chi connectivity index (χ2v) is 8.36. The average Bonchev–Trinajstić information content (AvgIpc) is 3.32. The molecule has 0 aliphatic carbocycles. The Morgan fingerprint density at radius 1 is 1.06 bits per heavy atom. The molecule has 1 aliphatic heterocycles. The molecule has 2 heterocycles. The predicted molar refractivity (Wildman–Crippen MR) is 115 cm³/mol. The smallest absolute Gasteiger partial charge is 0.258 e. The molecule has 0 bridgehead atoms. The van der Waals surface area contributed by atoms with Gasteiger partial charge < -0.3 is 4.90 Å². The van der Waals surface area contributed by atoms with Crippen LogP contribution in [0.3, 0.4) is 0 Å². The highest BCUT2D eigenvalue weighted by Gasteiger charge is 2.28. The van der Waals surface area contributed by atoms with Gasteiger partial charge in [0.2, 0.25) is 11.8 Å². The molecule has 8 heteroatoms. The number of imide groups is 1. The van der Waals surface area contributed by atoms with Crippen molar-refractivity contribution in [3.05, 3.63) is 81.6 Å². The third kappa shape index (κ3) is 4.69. The first-order valence-corrected chi connectivity index (χ1v) is 10.7. The lowest BCUT2D eigenvalue weighted by Crippen LogP contribution is -2.31. The van der Waals surface area contributed by atoms with Gasteiger partial charge in [0.15, 0.2) is 0 Å². The first-order valence-electron chi connectivity index (χ1n) is 9.81. The summed E-state index contributed by atoms with van der Waals surface area (Å²) in [5.41, 5.74) is 2.53. The molecule has 1 fully saturated rings. The van der Waals surface area contributed by atoms with Crippen LogP contribution < -0.4 is 4.90 Å². The number of carbonyl (C=O) groups excluding carboxylic acids is 3. The molecule has 31 heavy (non-hydrogen) atoms. The van der Waals surface area contributed by atoms with E-state index < -0.39 is 0 Å². The minimum Gasteiger partial charge on any atom is -0.302 e. The second kappa shape index (κ2) is 8.77. The molecule has 6 nitrogen and oxygen atoms in total. The molecule has 3 amide bonds. The molecule has 1 aliphatic rings. The summed E-state index contributed by atoms with van der Waals surface area (Å²) in [7, 11) is 0. The Kier molecular flexibility index (Phi) is 5.90. The summed E-state index contributed by atoms with van der Waals surface area (Å²) in [4.78, 5) is 44.2. The highest BCUT2D eigenvalue weighted by Crippen LogP contribution is 2.23. The fourth-order valence-electron chi connectivity index (χ4n) is 3.43. The van der Waals surface area contributed by atoms with Crippen LogP contribution >= 0.6 is 11.3 Å². The molecule has 158 valence electrons. The summed E-state index contributed by atoms with van der Waals surface area (Å²) >= 11 is 1.50. The fraction of sp³-hybridized carbons (Fsp3) is 0.217. The molecule has 0 unspecified atom stereocenters. The topological polar surface area (TPSA) is 70.6 Å². The van der Waals surface area contributed by atoms with Crippen molar-refractivity contribution in [3.8, 4) is 0 Å². The molecule has 4 rings (SSSR count). The number of aryl methyl sites for hydroxylation is 1. The zero-order valence-electron chi connectivity index (χ0n) is 16.9. The van der Waals surface area contributed by atoms with Crippen molar-refractivity contribution in [2.45, 2.75) is 32.9 Å². The average molecular weight is 437 g/mol. The highest BCUT2D eigenvalue weighted by atomic mass is 32.1. The number of carbonyl (C=O) groups is 3. The summed E-state index contributed by atoms with van der Waals surface area (Å²) in [6.07, 6.45) is 0.496. The Morgan fingerprint density at radius 2 is 1.71 bits per heavy atom. The van der Waals surface area contributed by atoms with Gasteiger partial charge in [-0.15, -0.1) is 11.3 Å². The van der Waals surface area contributed by atoms with Gasteiger partial charge in [0.1, 0.15) is 5.82 Å². The van der Waals surface area contributed by atoms with E-state index in [1.165, 1.54) is 28.4 Å². The zero-order chi connectivity index (χ0) is 22.0. The van der Waals surface area contributed by atoms with Gasteiger partial charge in [-0.05, 0) is 48.9 Å². The SMILES string of the molecule is Cc1nc(CN(C(=O)c2ccc(CN3C(=O)CCC3=O)cc2)c2ccc(F)cc2)cs1. The summed E-state index contributed by atoms with van der Waals surface area (Å²) < 4.78 is 13.4. The van der Waals surface area contributed by atoms with E-state index in [-0.39, 0.29) is 49.5 Å². The number of amides is 3. The number of halogens is 1. The standard InChI is InChI=1S/C23H20FN3O3S/c1-15-25-19(14-31-15)13-26(20-8-6-18(24)7-9-20)23(30)17-4-2-16(3-5-17)12-27-21(28)10-11-22(27)29/h2-9,14H,10-13H2,1H3. The maximum atomic E-state index is 13.4. The molecule has 0 saturated carbocycles. The summed E-state index contributed by atoms with van der Waals surface area (Å²) in [5, 5.41) is 2.80. The lowest BCUT2D eigenvalue weighted by atomic mass is 10.1. The lowest BCUT2D eigenvalue weighted by Gasteiger charge is -2.22. The van der Waals surface area contributed by atoms with Crippen molar-refractivity contribution < 1.29 is 18.8 Å². The molecule has 0 atom stereocenters. The minimum atomic E-state index is -0.379. The van der Waals surface area contributed by atoms with E-state index in [0.717, 1.165) is 16.3 Å². The number of hydrogen-bond acceptors (Lipinski definition) is 5. The van der Waals surface area contributed by atoms with Crippen LogP contribution in [0.2, 0.25) is 0 Å². The molecule has 0 spiro atoms. The molecule has 0 radical (unpaired) electrons. The third-order valence-electron chi connectivity index (χ3n) is 5.07. The van der Waals surface area contributed by atoms with E-state index in [0.29, 0.717) is 11.3 Å². The number of thiazole rings is 1. The van der Waals surface area contributed by atoms with Crippen molar-refractivity contribution >= 4 is 34.7 Å². The van der Waals surface area contributed by atoms with Gasteiger partial charge >= 0.3 is 0 Å². The molecular weight excluding hydrogens is 417 g/mol. The van der Waals surface area contributed by atoms with Gasteiger partial charge in [0.25, 0.3) is 5.91 Å². The van der Waals surface area contributed by atoms with Crippen LogP contribution in [0, 0.1) is 12.7 Å². The third-order valence-corrected chi connectivity index (χ3v) is 5.89. The van der Waals surface area contributed by atoms with Crippen LogP contribution in [-0.2, 0) is 22.7 Å². The Morgan fingerprint density at radius 3 is 2.29 bits per heavy atom. The van der Waals surface area contributed by atoms with E-state index in [1.807, 2.05) is 12.3 Å². The Labute approximate surface area is 182 Å². The van der Waals surface area contributed by atoms with Crippen LogP contribution in [0.1, 0.15) is 39.5 Å². The van der Waals surface area contributed by atoms with Gasteiger partial charge in [-0.1, -0.05) is 12.1 Å². The summed E-state index contributed by atoms with van der Waals surface area (Å²) in [6, 6.07) is 12.6. The van der Waals surface area contributed by atoms with E-state index in [9.17, 15) is 18.8 Å². The van der Waals surface area contributed by atoms with Gasteiger partial charge in [-0.25, -0.2) is 9.37 Å². The van der Waals surface area contributed by atoms with Gasteiger partial charge in [-0.3, -0.25) is 19.3 Å². The summed E-state index contributed by atoms with van der Waals surface area (Å²) in [5.74, 6) is -0.981. The van der Waals surface area contributed by atoms with Crippen molar-refractivity contribution in [1.29, 1.82) is 0 Å². The normalized spacial score (nSPS) is 13.7. The van der Waals surface area contributed by atoms with Crippen molar-refractivity contribution in [2.24, 2.45) is 0 Å². The van der Waals surface area contributed by atoms with Crippen molar-refractivity contribution in [3.63, 3.8) is 0 Å². The molecule has 3 aromatic rings. The Balaban J connectivity index is 1.56. The number of hydrogen-bond donors (Lipinski definition) is 0. The highest BCUT2D eigenvalue weighted by molar-refractivity contribution is 7.09. The second-order valence-electron chi connectivity index (χ2n) is 7.30. The van der Waals surface area contributed by atoms with Gasteiger partial charge in [0, 0.05) is 29.5 Å². The molecule has 0 N–H and O–H groups in total. The van der Waals surface area contributed by atoms with Crippen LogP contribution in [0.25, 0.3) is 0 Å². The quantitative estimate of drug-likeness (QED) is 0.545. The zero-order valence-corrected chi connectivity index (χ0v) is 17.7. The fourth-order valence-corrected chi connectivity index (χ4v) is 4.04. The molecule has 1 aromatic heterocycles. The number of rotatable bonds is 6.